The van der Waals surface area contributed by atoms with Gasteiger partial charge in [-0.05, 0) is 34.5 Å². The van der Waals surface area contributed by atoms with Crippen LogP contribution in [-0.4, -0.2) is 4.92 Å². The average Bonchev–Trinajstić information content (AvgIpc) is 2.07. The molecule has 66 valence electrons. The van der Waals surface area contributed by atoms with Crippen LogP contribution in [0.25, 0.3) is 0 Å². The molecule has 0 aliphatic heterocycles. The maximum Gasteiger partial charge on any atom is 0.301 e. The first-order chi connectivity index (χ1) is 6.07. The average molecular weight is 241 g/mol. The van der Waals surface area contributed by atoms with Crippen LogP contribution < -0.4 is 0 Å². The van der Waals surface area contributed by atoms with Crippen LogP contribution >= 0.6 is 15.9 Å². The Balaban J connectivity index is 3.55. The van der Waals surface area contributed by atoms with Gasteiger partial charge in [0, 0.05) is 0 Å². The summed E-state index contributed by atoms with van der Waals surface area (Å²) in [6.07, 6.45) is 0. The Morgan fingerprint density at radius 1 is 1.62 bits per heavy atom. The van der Waals surface area contributed by atoms with Crippen molar-refractivity contribution in [2.45, 2.75) is 6.92 Å². The summed E-state index contributed by atoms with van der Waals surface area (Å²) in [6.45, 7) is 1.66. The second kappa shape index (κ2) is 3.54. The topological polar surface area (TPSA) is 66.9 Å². The zero-order valence-corrected chi connectivity index (χ0v) is 8.33. The van der Waals surface area contributed by atoms with E-state index in [1.165, 1.54) is 0 Å². The fourth-order valence-corrected chi connectivity index (χ4v) is 1.46. The van der Waals surface area contributed by atoms with E-state index in [4.69, 9.17) is 5.26 Å². The summed E-state index contributed by atoms with van der Waals surface area (Å²) in [6, 6.07) is 5.04. The van der Waals surface area contributed by atoms with Crippen LogP contribution in [0.5, 0.6) is 0 Å². The number of nitriles is 1. The van der Waals surface area contributed by atoms with E-state index < -0.39 is 4.92 Å². The lowest BCUT2D eigenvalue weighted by Gasteiger charge is -1.99. The first kappa shape index (κ1) is 9.68. The summed E-state index contributed by atoms with van der Waals surface area (Å²) in [4.78, 5) is 10.0. The largest absolute Gasteiger partial charge is 0.301 e. The van der Waals surface area contributed by atoms with Gasteiger partial charge in [-0.2, -0.15) is 5.26 Å². The Hall–Kier alpha value is -1.41. The molecule has 1 rings (SSSR count). The smallest absolute Gasteiger partial charge is 0.258 e. The number of hydrogen-bond donors (Lipinski definition) is 0. The van der Waals surface area contributed by atoms with E-state index in [1.54, 1.807) is 19.1 Å². The number of benzene rings is 1. The third-order valence-corrected chi connectivity index (χ3v) is 2.27. The van der Waals surface area contributed by atoms with Crippen molar-refractivity contribution in [3.05, 3.63) is 37.8 Å². The zero-order valence-electron chi connectivity index (χ0n) is 6.74. The van der Waals surface area contributed by atoms with Gasteiger partial charge in [-0.3, -0.25) is 10.1 Å². The molecule has 0 heterocycles. The van der Waals surface area contributed by atoms with E-state index in [0.717, 1.165) is 0 Å². The molecule has 0 N–H and O–H groups in total. The molecule has 0 aliphatic rings. The monoisotopic (exact) mass is 240 g/mol. The molecule has 0 unspecified atom stereocenters. The lowest BCUT2D eigenvalue weighted by atomic mass is 10.1. The van der Waals surface area contributed by atoms with Crippen molar-refractivity contribution in [1.82, 2.24) is 0 Å². The molecule has 0 saturated carbocycles. The third-order valence-electron chi connectivity index (χ3n) is 1.63. The van der Waals surface area contributed by atoms with E-state index in [9.17, 15) is 10.1 Å². The second-order valence-electron chi connectivity index (χ2n) is 2.46. The summed E-state index contributed by atoms with van der Waals surface area (Å²) >= 11 is 3.03. The molecule has 0 radical (unpaired) electrons. The van der Waals surface area contributed by atoms with Crippen molar-refractivity contribution < 1.29 is 4.92 Å². The molecule has 5 heteroatoms. The van der Waals surface area contributed by atoms with Crippen LogP contribution in [-0.2, 0) is 0 Å². The van der Waals surface area contributed by atoms with Gasteiger partial charge in [0.1, 0.15) is 11.6 Å². The van der Waals surface area contributed by atoms with Crippen molar-refractivity contribution in [3.63, 3.8) is 0 Å². The van der Waals surface area contributed by atoms with Gasteiger partial charge >= 0.3 is 5.69 Å². The molecular formula is C8H5BrN2O2. The highest BCUT2D eigenvalue weighted by atomic mass is 79.9. The van der Waals surface area contributed by atoms with Crippen LogP contribution in [0.2, 0.25) is 0 Å². The quantitative estimate of drug-likeness (QED) is 0.560. The highest BCUT2D eigenvalue weighted by Gasteiger charge is 2.19. The second-order valence-corrected chi connectivity index (χ2v) is 3.31. The van der Waals surface area contributed by atoms with Gasteiger partial charge in [0.25, 0.3) is 0 Å². The molecule has 13 heavy (non-hydrogen) atoms. The Morgan fingerprint density at radius 2 is 2.23 bits per heavy atom. The van der Waals surface area contributed by atoms with Crippen LogP contribution in [0, 0.1) is 28.4 Å². The maximum atomic E-state index is 10.6. The van der Waals surface area contributed by atoms with Crippen molar-refractivity contribution in [2.75, 3.05) is 0 Å². The third kappa shape index (κ3) is 1.68. The summed E-state index contributed by atoms with van der Waals surface area (Å²) in [5, 5.41) is 19.3. The van der Waals surface area contributed by atoms with Crippen molar-refractivity contribution >= 4 is 21.6 Å². The minimum Gasteiger partial charge on any atom is -0.258 e. The summed E-state index contributed by atoms with van der Waals surface area (Å²) in [7, 11) is 0. The molecule has 0 saturated heterocycles. The van der Waals surface area contributed by atoms with Crippen LogP contribution in [0.1, 0.15) is 11.1 Å². The van der Waals surface area contributed by atoms with Gasteiger partial charge < -0.3 is 0 Å². The van der Waals surface area contributed by atoms with E-state index in [0.29, 0.717) is 10.0 Å². The Kier molecular flexibility index (Phi) is 2.63. The molecule has 0 spiro atoms. The van der Waals surface area contributed by atoms with E-state index in [2.05, 4.69) is 15.9 Å². The number of halogens is 1. The van der Waals surface area contributed by atoms with Crippen molar-refractivity contribution in [3.8, 4) is 6.07 Å². The number of nitrogens with zero attached hydrogens (tertiary/aromatic N) is 2. The summed E-state index contributed by atoms with van der Waals surface area (Å²) in [5.74, 6) is 0. The first-order valence-electron chi connectivity index (χ1n) is 3.41. The Bertz CT molecular complexity index is 409. The first-order valence-corrected chi connectivity index (χ1v) is 4.21. The Labute approximate surface area is 83.1 Å². The van der Waals surface area contributed by atoms with Crippen LogP contribution in [0.3, 0.4) is 0 Å². The normalized spacial score (nSPS) is 9.31. The van der Waals surface area contributed by atoms with Crippen molar-refractivity contribution in [1.29, 1.82) is 5.26 Å². The SMILES string of the molecule is Cc1ccc(Br)c([N+](=O)[O-])c1C#N. The summed E-state index contributed by atoms with van der Waals surface area (Å²) in [5.41, 5.74) is 0.555. The van der Waals surface area contributed by atoms with Gasteiger partial charge in [-0.1, -0.05) is 6.07 Å². The van der Waals surface area contributed by atoms with Gasteiger partial charge in [-0.25, -0.2) is 0 Å². The van der Waals surface area contributed by atoms with Gasteiger partial charge in [-0.15, -0.1) is 0 Å². The lowest BCUT2D eigenvalue weighted by molar-refractivity contribution is -0.386. The highest BCUT2D eigenvalue weighted by Crippen LogP contribution is 2.30. The Morgan fingerprint density at radius 3 is 2.62 bits per heavy atom. The molecule has 0 fully saturated rings. The molecule has 4 nitrogen and oxygen atoms in total. The number of aryl methyl sites for hydroxylation is 1. The molecule has 1 aromatic rings. The predicted molar refractivity (Wildman–Crippen MR) is 50.2 cm³/mol. The predicted octanol–water partition coefficient (Wildman–Crippen LogP) is 2.54. The van der Waals surface area contributed by atoms with Gasteiger partial charge in [0.15, 0.2) is 0 Å². The van der Waals surface area contributed by atoms with E-state index >= 15 is 0 Å². The van der Waals surface area contributed by atoms with Gasteiger partial charge in [0.05, 0.1) is 9.40 Å². The fraction of sp³-hybridized carbons (Fsp3) is 0.125. The maximum absolute atomic E-state index is 10.6. The van der Waals surface area contributed by atoms with Crippen LogP contribution in [0.15, 0.2) is 16.6 Å². The molecule has 0 amide bonds. The van der Waals surface area contributed by atoms with Crippen LogP contribution in [0.4, 0.5) is 5.69 Å². The number of hydrogen-bond acceptors (Lipinski definition) is 3. The van der Waals surface area contributed by atoms with Gasteiger partial charge in [0.2, 0.25) is 0 Å². The van der Waals surface area contributed by atoms with E-state index in [-0.39, 0.29) is 11.3 Å². The number of nitro benzene ring substituents is 1. The molecule has 1 aromatic carbocycles. The zero-order chi connectivity index (χ0) is 10.0. The minimum absolute atomic E-state index is 0.111. The highest BCUT2D eigenvalue weighted by molar-refractivity contribution is 9.10. The molecule has 0 atom stereocenters. The van der Waals surface area contributed by atoms with E-state index in [1.807, 2.05) is 6.07 Å². The lowest BCUT2D eigenvalue weighted by Crippen LogP contribution is -1.95. The molecule has 0 aliphatic carbocycles. The van der Waals surface area contributed by atoms with Crippen molar-refractivity contribution in [2.24, 2.45) is 0 Å². The minimum atomic E-state index is -0.560. The number of rotatable bonds is 1. The molecular weight excluding hydrogens is 236 g/mol. The number of nitro groups is 1. The molecule has 0 aromatic heterocycles. The molecule has 0 bridgehead atoms. The standard InChI is InChI=1S/C8H5BrN2O2/c1-5-2-3-7(9)8(11(12)13)6(5)4-10/h2-3H,1H3. The summed E-state index contributed by atoms with van der Waals surface area (Å²) < 4.78 is 0.333. The fourth-order valence-electron chi connectivity index (χ4n) is 0.986.